The van der Waals surface area contributed by atoms with Crippen molar-refractivity contribution in [2.24, 2.45) is 0 Å². The van der Waals surface area contributed by atoms with Gasteiger partial charge in [-0.1, -0.05) is 32.9 Å². The first-order valence-corrected chi connectivity index (χ1v) is 10.7. The molecule has 26 heavy (non-hydrogen) atoms. The monoisotopic (exact) mass is 391 g/mol. The van der Waals surface area contributed by atoms with E-state index in [0.29, 0.717) is 17.1 Å². The SMILES string of the molecule is CSCC[C@H](NC(=O)c1ccc(C(C)(C)C)cc1)C(=O)Nc1nccs1. The van der Waals surface area contributed by atoms with E-state index in [1.165, 1.54) is 11.3 Å². The van der Waals surface area contributed by atoms with Crippen LogP contribution in [0.3, 0.4) is 0 Å². The van der Waals surface area contributed by atoms with Crippen LogP contribution in [-0.2, 0) is 10.2 Å². The third-order valence-electron chi connectivity index (χ3n) is 3.91. The first-order chi connectivity index (χ1) is 12.3. The van der Waals surface area contributed by atoms with Crippen LogP contribution in [0.5, 0.6) is 0 Å². The number of thiazole rings is 1. The Bertz CT molecular complexity index is 722. The maximum Gasteiger partial charge on any atom is 0.251 e. The standard InChI is InChI=1S/C19H25N3O2S2/c1-19(2,3)14-7-5-13(6-8-14)16(23)21-15(9-11-25-4)17(24)22-18-20-10-12-26-18/h5-8,10,12,15H,9,11H2,1-4H3,(H,21,23)(H,20,22,24)/t15-/m0/s1. The van der Waals surface area contributed by atoms with Crippen molar-refractivity contribution in [3.8, 4) is 0 Å². The number of nitrogens with one attached hydrogen (secondary N) is 2. The van der Waals surface area contributed by atoms with E-state index in [1.54, 1.807) is 35.5 Å². The summed E-state index contributed by atoms with van der Waals surface area (Å²) in [6.07, 6.45) is 4.17. The molecule has 0 saturated carbocycles. The lowest BCUT2D eigenvalue weighted by atomic mass is 9.86. The van der Waals surface area contributed by atoms with E-state index in [9.17, 15) is 9.59 Å². The smallest absolute Gasteiger partial charge is 0.251 e. The normalized spacial score (nSPS) is 12.5. The van der Waals surface area contributed by atoms with Crippen LogP contribution < -0.4 is 10.6 Å². The number of aromatic nitrogens is 1. The summed E-state index contributed by atoms with van der Waals surface area (Å²) in [5.41, 5.74) is 1.74. The van der Waals surface area contributed by atoms with Gasteiger partial charge in [-0.2, -0.15) is 11.8 Å². The van der Waals surface area contributed by atoms with Crippen LogP contribution in [0.15, 0.2) is 35.8 Å². The van der Waals surface area contributed by atoms with Gasteiger partial charge in [-0.05, 0) is 41.5 Å². The lowest BCUT2D eigenvalue weighted by molar-refractivity contribution is -0.118. The number of hydrogen-bond donors (Lipinski definition) is 2. The van der Waals surface area contributed by atoms with Crippen LogP contribution in [0.2, 0.25) is 0 Å². The third-order valence-corrected chi connectivity index (χ3v) is 5.24. The van der Waals surface area contributed by atoms with E-state index in [1.807, 2.05) is 18.4 Å². The van der Waals surface area contributed by atoms with Crippen LogP contribution in [0.1, 0.15) is 43.1 Å². The molecule has 0 aliphatic heterocycles. The lowest BCUT2D eigenvalue weighted by Crippen LogP contribution is -2.44. The molecule has 1 aromatic heterocycles. The van der Waals surface area contributed by atoms with Crippen LogP contribution in [0.4, 0.5) is 5.13 Å². The van der Waals surface area contributed by atoms with Crippen molar-refractivity contribution in [1.82, 2.24) is 10.3 Å². The minimum atomic E-state index is -0.596. The fraction of sp³-hybridized carbons (Fsp3) is 0.421. The molecule has 1 heterocycles. The van der Waals surface area contributed by atoms with Gasteiger partial charge in [-0.15, -0.1) is 11.3 Å². The zero-order chi connectivity index (χ0) is 19.2. The minimum Gasteiger partial charge on any atom is -0.340 e. The Morgan fingerprint density at radius 1 is 1.23 bits per heavy atom. The van der Waals surface area contributed by atoms with Gasteiger partial charge in [0.15, 0.2) is 5.13 Å². The molecule has 0 radical (unpaired) electrons. The van der Waals surface area contributed by atoms with Crippen molar-refractivity contribution >= 4 is 40.0 Å². The fourth-order valence-corrected chi connectivity index (χ4v) is 3.35. The van der Waals surface area contributed by atoms with Gasteiger partial charge in [0.05, 0.1) is 0 Å². The summed E-state index contributed by atoms with van der Waals surface area (Å²) in [6, 6.07) is 6.94. The summed E-state index contributed by atoms with van der Waals surface area (Å²) < 4.78 is 0. The summed E-state index contributed by atoms with van der Waals surface area (Å²) in [6.45, 7) is 6.39. The predicted octanol–water partition coefficient (Wildman–Crippen LogP) is 3.93. The average Bonchev–Trinajstić information content (AvgIpc) is 3.10. The summed E-state index contributed by atoms with van der Waals surface area (Å²) in [7, 11) is 0. The highest BCUT2D eigenvalue weighted by Gasteiger charge is 2.22. The Balaban J connectivity index is 2.06. The highest BCUT2D eigenvalue weighted by molar-refractivity contribution is 7.98. The molecule has 0 aliphatic carbocycles. The lowest BCUT2D eigenvalue weighted by Gasteiger charge is -2.20. The highest BCUT2D eigenvalue weighted by atomic mass is 32.2. The van der Waals surface area contributed by atoms with Crippen molar-refractivity contribution < 1.29 is 9.59 Å². The molecular weight excluding hydrogens is 366 g/mol. The summed E-state index contributed by atoms with van der Waals surface area (Å²) >= 11 is 2.99. The van der Waals surface area contributed by atoms with Crippen LogP contribution in [0, 0.1) is 0 Å². The van der Waals surface area contributed by atoms with Crippen LogP contribution in [0.25, 0.3) is 0 Å². The van der Waals surface area contributed by atoms with Gasteiger partial charge < -0.3 is 10.6 Å². The third kappa shape index (κ3) is 5.85. The maximum atomic E-state index is 12.6. The fourth-order valence-electron chi connectivity index (χ4n) is 2.35. The zero-order valence-corrected chi connectivity index (χ0v) is 17.2. The molecule has 0 fully saturated rings. The molecule has 5 nitrogen and oxygen atoms in total. The summed E-state index contributed by atoms with van der Waals surface area (Å²) in [4.78, 5) is 29.1. The maximum absolute atomic E-state index is 12.6. The number of carbonyl (C=O) groups excluding carboxylic acids is 2. The number of rotatable bonds is 7. The summed E-state index contributed by atoms with van der Waals surface area (Å²) in [5.74, 6) is 0.290. The number of nitrogens with zero attached hydrogens (tertiary/aromatic N) is 1. The van der Waals surface area contributed by atoms with Gasteiger partial charge in [-0.3, -0.25) is 9.59 Å². The molecule has 2 rings (SSSR count). The largest absolute Gasteiger partial charge is 0.340 e. The first-order valence-electron chi connectivity index (χ1n) is 8.42. The molecule has 140 valence electrons. The topological polar surface area (TPSA) is 71.1 Å². The van der Waals surface area contributed by atoms with E-state index in [2.05, 4.69) is 36.4 Å². The van der Waals surface area contributed by atoms with Gasteiger partial charge in [-0.25, -0.2) is 4.98 Å². The Morgan fingerprint density at radius 2 is 1.92 bits per heavy atom. The van der Waals surface area contributed by atoms with Gasteiger partial charge >= 0.3 is 0 Å². The summed E-state index contributed by atoms with van der Waals surface area (Å²) in [5, 5.41) is 7.94. The molecule has 7 heteroatoms. The van der Waals surface area contributed by atoms with Gasteiger partial charge in [0, 0.05) is 17.1 Å². The van der Waals surface area contributed by atoms with Crippen molar-refractivity contribution in [2.75, 3.05) is 17.3 Å². The van der Waals surface area contributed by atoms with Crippen molar-refractivity contribution in [1.29, 1.82) is 0 Å². The zero-order valence-electron chi connectivity index (χ0n) is 15.5. The van der Waals surface area contributed by atoms with E-state index < -0.39 is 6.04 Å². The van der Waals surface area contributed by atoms with Crippen LogP contribution >= 0.6 is 23.1 Å². The molecule has 2 aromatic rings. The molecule has 0 spiro atoms. The van der Waals surface area contributed by atoms with Crippen LogP contribution in [-0.4, -0.2) is 34.8 Å². The molecular formula is C19H25N3O2S2. The van der Waals surface area contributed by atoms with Gasteiger partial charge in [0.1, 0.15) is 6.04 Å². The second kappa shape index (κ2) is 9.19. The van der Waals surface area contributed by atoms with E-state index in [0.717, 1.165) is 11.3 Å². The molecule has 0 aliphatic rings. The second-order valence-corrected chi connectivity index (χ2v) is 8.84. The number of anilines is 1. The molecule has 1 aromatic carbocycles. The second-order valence-electron chi connectivity index (χ2n) is 6.96. The molecule has 1 atom stereocenters. The van der Waals surface area contributed by atoms with Crippen molar-refractivity contribution in [2.45, 2.75) is 38.6 Å². The Hall–Kier alpha value is -1.86. The Labute approximate surface area is 163 Å². The van der Waals surface area contributed by atoms with E-state index >= 15 is 0 Å². The number of benzene rings is 1. The quantitative estimate of drug-likeness (QED) is 0.750. The van der Waals surface area contributed by atoms with Gasteiger partial charge in [0.25, 0.3) is 5.91 Å². The number of hydrogen-bond acceptors (Lipinski definition) is 5. The van der Waals surface area contributed by atoms with Crippen molar-refractivity contribution in [3.05, 3.63) is 47.0 Å². The van der Waals surface area contributed by atoms with E-state index in [4.69, 9.17) is 0 Å². The predicted molar refractivity (Wildman–Crippen MR) is 110 cm³/mol. The average molecular weight is 392 g/mol. The molecule has 0 bridgehead atoms. The van der Waals surface area contributed by atoms with Crippen molar-refractivity contribution in [3.63, 3.8) is 0 Å². The Kier molecular flexibility index (Phi) is 7.23. The van der Waals surface area contributed by atoms with Gasteiger partial charge in [0.2, 0.25) is 5.91 Å². The highest BCUT2D eigenvalue weighted by Crippen LogP contribution is 2.22. The molecule has 0 saturated heterocycles. The molecule has 0 unspecified atom stereocenters. The first kappa shape index (κ1) is 20.5. The molecule has 2 N–H and O–H groups in total. The number of thioether (sulfide) groups is 1. The Morgan fingerprint density at radius 3 is 2.46 bits per heavy atom. The minimum absolute atomic E-state index is 0.0312. The number of amides is 2. The van der Waals surface area contributed by atoms with E-state index in [-0.39, 0.29) is 17.2 Å². The number of carbonyl (C=O) groups is 2. The molecule has 2 amide bonds.